The minimum Gasteiger partial charge on any atom is -0.369 e. The van der Waals surface area contributed by atoms with E-state index < -0.39 is 0 Å². The molecule has 3 N–H and O–H groups in total. The molecule has 5 nitrogen and oxygen atoms in total. The summed E-state index contributed by atoms with van der Waals surface area (Å²) in [4.78, 5) is 27.1. The number of hydrogen-bond acceptors (Lipinski definition) is 4. The van der Waals surface area contributed by atoms with Crippen molar-refractivity contribution in [1.82, 2.24) is 10.2 Å². The van der Waals surface area contributed by atoms with Crippen LogP contribution in [0.15, 0.2) is 53.4 Å². The van der Waals surface area contributed by atoms with Gasteiger partial charge in [0, 0.05) is 34.3 Å². The fraction of sp³-hybridized carbons (Fsp3) is 0.391. The van der Waals surface area contributed by atoms with Crippen LogP contribution in [0, 0.1) is 5.92 Å². The number of benzene rings is 2. The molecular formula is C23H28ClN3O2S. The quantitative estimate of drug-likeness (QED) is 0.452. The number of amides is 2. The molecule has 1 aliphatic heterocycles. The van der Waals surface area contributed by atoms with Gasteiger partial charge in [-0.05, 0) is 74.3 Å². The van der Waals surface area contributed by atoms with Gasteiger partial charge in [-0.2, -0.15) is 0 Å². The number of primary amides is 1. The Hall–Kier alpha value is -2.02. The van der Waals surface area contributed by atoms with E-state index in [1.54, 1.807) is 11.8 Å². The zero-order chi connectivity index (χ0) is 21.3. The van der Waals surface area contributed by atoms with Crippen LogP contribution in [0.5, 0.6) is 0 Å². The Kier molecular flexibility index (Phi) is 8.61. The lowest BCUT2D eigenvalue weighted by Gasteiger charge is -2.31. The van der Waals surface area contributed by atoms with E-state index in [-0.39, 0.29) is 17.7 Å². The van der Waals surface area contributed by atoms with Crippen LogP contribution in [-0.4, -0.2) is 42.9 Å². The van der Waals surface area contributed by atoms with Crippen LogP contribution < -0.4 is 11.1 Å². The summed E-state index contributed by atoms with van der Waals surface area (Å²) in [5.74, 6) is 0.541. The number of nitrogens with two attached hydrogens (primary N) is 1. The molecule has 1 heterocycles. The Morgan fingerprint density at radius 1 is 1.13 bits per heavy atom. The average Bonchev–Trinajstić information content (AvgIpc) is 2.77. The summed E-state index contributed by atoms with van der Waals surface area (Å²) in [6.45, 7) is 3.21. The van der Waals surface area contributed by atoms with E-state index in [9.17, 15) is 9.59 Å². The molecule has 0 saturated carbocycles. The Morgan fingerprint density at radius 3 is 2.57 bits per heavy atom. The molecule has 160 valence electrons. The lowest BCUT2D eigenvalue weighted by Crippen LogP contribution is -2.42. The Balaban J connectivity index is 1.37. The summed E-state index contributed by atoms with van der Waals surface area (Å²) in [5, 5.41) is 3.72. The van der Waals surface area contributed by atoms with E-state index in [0.717, 1.165) is 54.6 Å². The average molecular weight is 446 g/mol. The van der Waals surface area contributed by atoms with Crippen molar-refractivity contribution in [3.8, 4) is 0 Å². The number of rotatable bonds is 9. The van der Waals surface area contributed by atoms with Crippen molar-refractivity contribution in [2.75, 3.05) is 26.2 Å². The van der Waals surface area contributed by atoms with Gasteiger partial charge in [-0.15, -0.1) is 11.8 Å². The normalized spacial score (nSPS) is 16.9. The summed E-state index contributed by atoms with van der Waals surface area (Å²) in [6.07, 6.45) is 2.74. The number of nitrogens with one attached hydrogen (secondary N) is 1. The van der Waals surface area contributed by atoms with Gasteiger partial charge in [-0.3, -0.25) is 9.59 Å². The Morgan fingerprint density at radius 2 is 1.87 bits per heavy atom. The van der Waals surface area contributed by atoms with Crippen LogP contribution in [0.2, 0.25) is 5.02 Å². The molecular weight excluding hydrogens is 418 g/mol. The van der Waals surface area contributed by atoms with Gasteiger partial charge < -0.3 is 16.0 Å². The first kappa shape index (κ1) is 22.7. The number of likely N-dealkylation sites (tertiary alicyclic amines) is 1. The van der Waals surface area contributed by atoms with Crippen molar-refractivity contribution in [2.24, 2.45) is 11.7 Å². The smallest absolute Gasteiger partial charge is 0.251 e. The van der Waals surface area contributed by atoms with E-state index in [2.05, 4.69) is 10.2 Å². The highest BCUT2D eigenvalue weighted by atomic mass is 35.5. The van der Waals surface area contributed by atoms with Crippen LogP contribution in [0.1, 0.15) is 35.2 Å². The summed E-state index contributed by atoms with van der Waals surface area (Å²) >= 11 is 7.65. The maximum absolute atomic E-state index is 12.4. The van der Waals surface area contributed by atoms with E-state index in [0.29, 0.717) is 12.1 Å². The molecule has 0 aromatic heterocycles. The maximum Gasteiger partial charge on any atom is 0.251 e. The van der Waals surface area contributed by atoms with Crippen molar-refractivity contribution in [1.29, 1.82) is 0 Å². The highest BCUT2D eigenvalue weighted by Gasteiger charge is 2.23. The van der Waals surface area contributed by atoms with Gasteiger partial charge in [0.25, 0.3) is 5.91 Å². The van der Waals surface area contributed by atoms with E-state index in [1.165, 1.54) is 5.56 Å². The third kappa shape index (κ3) is 7.04. The molecule has 0 spiro atoms. The number of carbonyl (C=O) groups is 2. The molecule has 30 heavy (non-hydrogen) atoms. The largest absolute Gasteiger partial charge is 0.369 e. The minimum atomic E-state index is -0.206. The molecule has 1 unspecified atom stereocenters. The second-order valence-corrected chi connectivity index (χ2v) is 9.08. The molecule has 3 rings (SSSR count). The Labute approximate surface area is 187 Å². The number of carbonyl (C=O) groups excluding carboxylic acids is 2. The SMILES string of the molecule is NC(=O)C1CCCN(CCCNC(=O)c2ccc(CSc3ccc(Cl)cc3)cc2)C1. The van der Waals surface area contributed by atoms with Crippen molar-refractivity contribution >= 4 is 35.2 Å². The third-order valence-electron chi connectivity index (χ3n) is 5.28. The van der Waals surface area contributed by atoms with Crippen LogP contribution >= 0.6 is 23.4 Å². The minimum absolute atomic E-state index is 0.0373. The fourth-order valence-corrected chi connectivity index (χ4v) is 4.53. The second-order valence-electron chi connectivity index (χ2n) is 7.59. The molecule has 1 saturated heterocycles. The molecule has 1 aliphatic rings. The highest BCUT2D eigenvalue weighted by Crippen LogP contribution is 2.24. The standard InChI is InChI=1S/C23H28ClN3O2S/c24-20-8-10-21(11-9-20)30-16-17-4-6-18(7-5-17)23(29)26-12-2-14-27-13-1-3-19(15-27)22(25)28/h4-11,19H,1-3,12-16H2,(H2,25,28)(H,26,29). The van der Waals surface area contributed by atoms with Gasteiger partial charge in [0.15, 0.2) is 0 Å². The van der Waals surface area contributed by atoms with Gasteiger partial charge in [0.1, 0.15) is 0 Å². The van der Waals surface area contributed by atoms with Crippen LogP contribution in [0.4, 0.5) is 0 Å². The van der Waals surface area contributed by atoms with E-state index in [4.69, 9.17) is 17.3 Å². The summed E-state index contributed by atoms with van der Waals surface area (Å²) < 4.78 is 0. The second kappa shape index (κ2) is 11.4. The number of hydrogen-bond donors (Lipinski definition) is 2. The molecule has 7 heteroatoms. The Bertz CT molecular complexity index is 843. The fourth-order valence-electron chi connectivity index (χ4n) is 3.55. The predicted molar refractivity (Wildman–Crippen MR) is 123 cm³/mol. The zero-order valence-corrected chi connectivity index (χ0v) is 18.6. The van der Waals surface area contributed by atoms with Crippen molar-refractivity contribution in [3.05, 3.63) is 64.7 Å². The molecule has 1 fully saturated rings. The van der Waals surface area contributed by atoms with Gasteiger partial charge in [-0.25, -0.2) is 0 Å². The molecule has 1 atom stereocenters. The molecule has 2 aromatic carbocycles. The lowest BCUT2D eigenvalue weighted by molar-refractivity contribution is -0.123. The molecule has 0 radical (unpaired) electrons. The molecule has 0 bridgehead atoms. The first-order valence-electron chi connectivity index (χ1n) is 10.3. The van der Waals surface area contributed by atoms with Crippen LogP contribution in [0.25, 0.3) is 0 Å². The van der Waals surface area contributed by atoms with Gasteiger partial charge in [0.05, 0.1) is 5.92 Å². The molecule has 2 aromatic rings. The van der Waals surface area contributed by atoms with Crippen LogP contribution in [0.3, 0.4) is 0 Å². The van der Waals surface area contributed by atoms with Gasteiger partial charge in [0.2, 0.25) is 5.91 Å². The zero-order valence-electron chi connectivity index (χ0n) is 17.0. The first-order chi connectivity index (χ1) is 14.5. The first-order valence-corrected chi connectivity index (χ1v) is 11.6. The molecule has 0 aliphatic carbocycles. The number of nitrogens with zero attached hydrogens (tertiary/aromatic N) is 1. The topological polar surface area (TPSA) is 75.4 Å². The van der Waals surface area contributed by atoms with Crippen molar-refractivity contribution < 1.29 is 9.59 Å². The maximum atomic E-state index is 12.4. The number of piperidine rings is 1. The predicted octanol–water partition coefficient (Wildman–Crippen LogP) is 3.95. The summed E-state index contributed by atoms with van der Waals surface area (Å²) in [5.41, 5.74) is 7.26. The summed E-state index contributed by atoms with van der Waals surface area (Å²) in [7, 11) is 0. The summed E-state index contributed by atoms with van der Waals surface area (Å²) in [6, 6.07) is 15.5. The highest BCUT2D eigenvalue weighted by molar-refractivity contribution is 7.98. The van der Waals surface area contributed by atoms with Crippen molar-refractivity contribution in [3.63, 3.8) is 0 Å². The van der Waals surface area contributed by atoms with Crippen molar-refractivity contribution in [2.45, 2.75) is 29.9 Å². The number of halogens is 1. The van der Waals surface area contributed by atoms with Gasteiger partial charge in [-0.1, -0.05) is 23.7 Å². The lowest BCUT2D eigenvalue weighted by atomic mass is 9.97. The van der Waals surface area contributed by atoms with E-state index >= 15 is 0 Å². The number of thioether (sulfide) groups is 1. The monoisotopic (exact) mass is 445 g/mol. The third-order valence-corrected chi connectivity index (χ3v) is 6.61. The molecule has 2 amide bonds. The van der Waals surface area contributed by atoms with Crippen LogP contribution in [-0.2, 0) is 10.5 Å². The van der Waals surface area contributed by atoms with E-state index in [1.807, 2.05) is 48.5 Å². The van der Waals surface area contributed by atoms with Gasteiger partial charge >= 0.3 is 0 Å².